The van der Waals surface area contributed by atoms with Gasteiger partial charge in [0.2, 0.25) is 5.91 Å². The van der Waals surface area contributed by atoms with Crippen molar-refractivity contribution in [1.82, 2.24) is 4.90 Å². The number of nitrogen functional groups attached to an aromatic ring is 1. The molecule has 1 fully saturated rings. The molecule has 1 aromatic carbocycles. The van der Waals surface area contributed by atoms with Crippen LogP contribution in [0.4, 0.5) is 11.4 Å². The molecule has 5 nitrogen and oxygen atoms in total. The fourth-order valence-electron chi connectivity index (χ4n) is 2.00. The van der Waals surface area contributed by atoms with Crippen LogP contribution in [0.1, 0.15) is 6.92 Å². The van der Waals surface area contributed by atoms with E-state index in [-0.39, 0.29) is 11.9 Å². The average molecular weight is 328 g/mol. The van der Waals surface area contributed by atoms with Gasteiger partial charge < -0.3 is 20.7 Å². The molecule has 1 aliphatic heterocycles. The van der Waals surface area contributed by atoms with Gasteiger partial charge >= 0.3 is 0 Å². The molecule has 2 rings (SSSR count). The van der Waals surface area contributed by atoms with Crippen LogP contribution in [-0.4, -0.2) is 43.2 Å². The van der Waals surface area contributed by atoms with E-state index in [2.05, 4.69) is 21.2 Å². The number of anilines is 2. The molecule has 6 heteroatoms. The second kappa shape index (κ2) is 6.25. The molecule has 1 saturated heterocycles. The first-order valence-corrected chi connectivity index (χ1v) is 7.05. The van der Waals surface area contributed by atoms with Crippen molar-refractivity contribution < 1.29 is 9.53 Å². The first kappa shape index (κ1) is 14.1. The quantitative estimate of drug-likeness (QED) is 0.829. The minimum Gasteiger partial charge on any atom is -0.399 e. The highest BCUT2D eigenvalue weighted by Gasteiger charge is 2.22. The number of carbonyl (C=O) groups excluding carboxylic acids is 1. The summed E-state index contributed by atoms with van der Waals surface area (Å²) in [6.07, 6.45) is 0. The maximum absolute atomic E-state index is 12.2. The van der Waals surface area contributed by atoms with Crippen molar-refractivity contribution in [3.8, 4) is 0 Å². The normalized spacial score (nSPS) is 17.1. The van der Waals surface area contributed by atoms with Gasteiger partial charge in [-0.05, 0) is 41.1 Å². The predicted octanol–water partition coefficient (Wildman–Crippen LogP) is 1.69. The number of nitrogens with zero attached hydrogens (tertiary/aromatic N) is 1. The van der Waals surface area contributed by atoms with E-state index in [0.717, 1.165) is 10.2 Å². The van der Waals surface area contributed by atoms with Crippen LogP contribution in [0, 0.1) is 0 Å². The van der Waals surface area contributed by atoms with Crippen molar-refractivity contribution in [3.63, 3.8) is 0 Å². The van der Waals surface area contributed by atoms with Crippen molar-refractivity contribution >= 4 is 33.2 Å². The summed E-state index contributed by atoms with van der Waals surface area (Å²) in [5.74, 6) is 0.0898. The van der Waals surface area contributed by atoms with Crippen molar-refractivity contribution in [1.29, 1.82) is 0 Å². The van der Waals surface area contributed by atoms with Crippen molar-refractivity contribution in [2.24, 2.45) is 0 Å². The van der Waals surface area contributed by atoms with Gasteiger partial charge in [0.1, 0.15) is 6.04 Å². The van der Waals surface area contributed by atoms with Gasteiger partial charge in [-0.15, -0.1) is 0 Å². The number of rotatable bonds is 3. The van der Waals surface area contributed by atoms with E-state index in [4.69, 9.17) is 10.5 Å². The fraction of sp³-hybridized carbons (Fsp3) is 0.462. The van der Waals surface area contributed by atoms with Crippen LogP contribution in [0.25, 0.3) is 0 Å². The monoisotopic (exact) mass is 327 g/mol. The standard InChI is InChI=1S/C13H18BrN3O2/c1-9(13(18)17-4-6-19-7-5-17)16-12-3-2-10(15)8-11(12)14/h2-3,8-9,16H,4-7,15H2,1H3. The summed E-state index contributed by atoms with van der Waals surface area (Å²) in [6, 6.07) is 5.20. The van der Waals surface area contributed by atoms with Gasteiger partial charge in [0, 0.05) is 28.9 Å². The Morgan fingerprint density at radius 1 is 1.47 bits per heavy atom. The number of ether oxygens (including phenoxy) is 1. The van der Waals surface area contributed by atoms with E-state index < -0.39 is 0 Å². The zero-order valence-corrected chi connectivity index (χ0v) is 12.4. The minimum atomic E-state index is -0.280. The molecule has 19 heavy (non-hydrogen) atoms. The molecule has 0 saturated carbocycles. The van der Waals surface area contributed by atoms with Crippen LogP contribution in [-0.2, 0) is 9.53 Å². The number of carbonyl (C=O) groups is 1. The lowest BCUT2D eigenvalue weighted by Crippen LogP contribution is -2.47. The zero-order valence-electron chi connectivity index (χ0n) is 10.9. The Morgan fingerprint density at radius 2 is 2.16 bits per heavy atom. The lowest BCUT2D eigenvalue weighted by Gasteiger charge is -2.30. The van der Waals surface area contributed by atoms with E-state index >= 15 is 0 Å². The van der Waals surface area contributed by atoms with Crippen molar-refractivity contribution in [3.05, 3.63) is 22.7 Å². The third-order valence-electron chi connectivity index (χ3n) is 3.06. The number of nitrogens with one attached hydrogen (secondary N) is 1. The fourth-order valence-corrected chi connectivity index (χ4v) is 2.51. The Kier molecular flexibility index (Phi) is 4.66. The van der Waals surface area contributed by atoms with E-state index in [1.807, 2.05) is 24.0 Å². The van der Waals surface area contributed by atoms with Gasteiger partial charge in [-0.2, -0.15) is 0 Å². The number of morpholine rings is 1. The highest BCUT2D eigenvalue weighted by molar-refractivity contribution is 9.10. The summed E-state index contributed by atoms with van der Waals surface area (Å²) in [6.45, 7) is 4.41. The van der Waals surface area contributed by atoms with Crippen LogP contribution < -0.4 is 11.1 Å². The van der Waals surface area contributed by atoms with Crippen LogP contribution >= 0.6 is 15.9 Å². The third kappa shape index (κ3) is 3.61. The average Bonchev–Trinajstić information content (AvgIpc) is 2.42. The SMILES string of the molecule is CC(Nc1ccc(N)cc1Br)C(=O)N1CCOCC1. The summed E-state index contributed by atoms with van der Waals surface area (Å²) in [4.78, 5) is 14.1. The van der Waals surface area contributed by atoms with Crippen LogP contribution in [0.15, 0.2) is 22.7 Å². The third-order valence-corrected chi connectivity index (χ3v) is 3.71. The Hall–Kier alpha value is -1.27. The highest BCUT2D eigenvalue weighted by atomic mass is 79.9. The number of halogens is 1. The second-order valence-corrected chi connectivity index (χ2v) is 5.40. The Bertz CT molecular complexity index is 461. The first-order valence-electron chi connectivity index (χ1n) is 6.26. The maximum atomic E-state index is 12.2. The van der Waals surface area contributed by atoms with Gasteiger partial charge in [0.05, 0.1) is 13.2 Å². The largest absolute Gasteiger partial charge is 0.399 e. The molecule has 0 aromatic heterocycles. The molecular weight excluding hydrogens is 310 g/mol. The summed E-state index contributed by atoms with van der Waals surface area (Å²) in [5.41, 5.74) is 7.24. The van der Waals surface area contributed by atoms with Crippen molar-refractivity contribution in [2.45, 2.75) is 13.0 Å². The molecule has 1 heterocycles. The molecule has 3 N–H and O–H groups in total. The topological polar surface area (TPSA) is 67.6 Å². The number of benzene rings is 1. The number of hydrogen-bond donors (Lipinski definition) is 2. The van der Waals surface area contributed by atoms with Crippen LogP contribution in [0.5, 0.6) is 0 Å². The number of hydrogen-bond acceptors (Lipinski definition) is 4. The summed E-state index contributed by atoms with van der Waals surface area (Å²) in [5, 5.41) is 3.20. The lowest BCUT2D eigenvalue weighted by atomic mass is 10.2. The smallest absolute Gasteiger partial charge is 0.244 e. The van der Waals surface area contributed by atoms with Gasteiger partial charge in [-0.3, -0.25) is 4.79 Å². The van der Waals surface area contributed by atoms with E-state index in [1.54, 1.807) is 6.07 Å². The lowest BCUT2D eigenvalue weighted by molar-refractivity contribution is -0.135. The van der Waals surface area contributed by atoms with E-state index in [9.17, 15) is 4.79 Å². The van der Waals surface area contributed by atoms with Crippen LogP contribution in [0.3, 0.4) is 0 Å². The highest BCUT2D eigenvalue weighted by Crippen LogP contribution is 2.25. The molecule has 104 valence electrons. The molecule has 0 radical (unpaired) electrons. The zero-order chi connectivity index (χ0) is 13.8. The van der Waals surface area contributed by atoms with Crippen LogP contribution in [0.2, 0.25) is 0 Å². The van der Waals surface area contributed by atoms with Gasteiger partial charge in [0.15, 0.2) is 0 Å². The van der Waals surface area contributed by atoms with Gasteiger partial charge in [-0.25, -0.2) is 0 Å². The Labute approximate surface area is 121 Å². The Balaban J connectivity index is 1.99. The predicted molar refractivity (Wildman–Crippen MR) is 79.0 cm³/mol. The van der Waals surface area contributed by atoms with E-state index in [0.29, 0.717) is 32.0 Å². The Morgan fingerprint density at radius 3 is 2.79 bits per heavy atom. The molecule has 0 spiro atoms. The first-order chi connectivity index (χ1) is 9.08. The number of amides is 1. The van der Waals surface area contributed by atoms with Gasteiger partial charge in [-0.1, -0.05) is 0 Å². The summed E-state index contributed by atoms with van der Waals surface area (Å²) >= 11 is 3.43. The minimum absolute atomic E-state index is 0.0898. The van der Waals surface area contributed by atoms with Crippen molar-refractivity contribution in [2.75, 3.05) is 37.4 Å². The molecule has 1 aliphatic rings. The van der Waals surface area contributed by atoms with E-state index in [1.165, 1.54) is 0 Å². The maximum Gasteiger partial charge on any atom is 0.244 e. The summed E-state index contributed by atoms with van der Waals surface area (Å²) in [7, 11) is 0. The molecule has 1 aromatic rings. The van der Waals surface area contributed by atoms with Gasteiger partial charge in [0.25, 0.3) is 0 Å². The molecule has 1 amide bonds. The molecule has 1 unspecified atom stereocenters. The molecule has 1 atom stereocenters. The molecule has 0 aliphatic carbocycles. The summed E-state index contributed by atoms with van der Waals surface area (Å²) < 4.78 is 6.10. The molecule has 0 bridgehead atoms. The second-order valence-electron chi connectivity index (χ2n) is 4.54. The number of nitrogens with two attached hydrogens (primary N) is 1. The molecular formula is C13H18BrN3O2.